The van der Waals surface area contributed by atoms with Gasteiger partial charge in [0.05, 0.1) is 11.3 Å². The van der Waals surface area contributed by atoms with Crippen LogP contribution in [0.3, 0.4) is 0 Å². The molecule has 0 bridgehead atoms. The van der Waals surface area contributed by atoms with E-state index >= 15 is 0 Å². The number of rotatable bonds is 2. The smallest absolute Gasteiger partial charge is 0.153 e. The highest BCUT2D eigenvalue weighted by molar-refractivity contribution is 5.87. The number of halogens is 2. The molecule has 3 nitrogen and oxygen atoms in total. The fraction of sp³-hybridized carbons (Fsp3) is 0.0625. The second-order valence-electron chi connectivity index (χ2n) is 4.88. The number of aromatic amines is 1. The van der Waals surface area contributed by atoms with E-state index in [1.54, 1.807) is 0 Å². The lowest BCUT2D eigenvalue weighted by molar-refractivity contribution is 0.584. The molecule has 0 atom stereocenters. The van der Waals surface area contributed by atoms with E-state index in [2.05, 4.69) is 10.2 Å². The summed E-state index contributed by atoms with van der Waals surface area (Å²) in [7, 11) is 0. The van der Waals surface area contributed by atoms with Crippen molar-refractivity contribution in [1.82, 2.24) is 10.2 Å². The number of benzene rings is 2. The van der Waals surface area contributed by atoms with Crippen LogP contribution >= 0.6 is 0 Å². The van der Waals surface area contributed by atoms with E-state index in [1.165, 1.54) is 12.1 Å². The largest absolute Gasteiger partial charge is 0.382 e. The molecular formula is C16H13F2N3. The molecule has 3 aromatic rings. The normalized spacial score (nSPS) is 10.8. The van der Waals surface area contributed by atoms with Crippen LogP contribution in [-0.4, -0.2) is 10.2 Å². The number of hydrogen-bond acceptors (Lipinski definition) is 2. The van der Waals surface area contributed by atoms with Gasteiger partial charge in [-0.15, -0.1) is 0 Å². The molecule has 0 amide bonds. The Morgan fingerprint density at radius 1 is 0.952 bits per heavy atom. The molecular weight excluding hydrogens is 272 g/mol. The Hall–Kier alpha value is -2.69. The van der Waals surface area contributed by atoms with Crippen molar-refractivity contribution in [2.75, 3.05) is 5.73 Å². The first-order valence-electron chi connectivity index (χ1n) is 6.42. The third-order valence-electron chi connectivity index (χ3n) is 3.29. The lowest BCUT2D eigenvalue weighted by Gasteiger charge is -2.06. The molecule has 5 heteroatoms. The van der Waals surface area contributed by atoms with Crippen molar-refractivity contribution < 1.29 is 8.78 Å². The highest BCUT2D eigenvalue weighted by Gasteiger charge is 2.16. The summed E-state index contributed by atoms with van der Waals surface area (Å²) in [6, 6.07) is 11.0. The summed E-state index contributed by atoms with van der Waals surface area (Å²) in [5.74, 6) is -1.00. The quantitative estimate of drug-likeness (QED) is 0.750. The zero-order chi connectivity index (χ0) is 15.0. The lowest BCUT2D eigenvalue weighted by Crippen LogP contribution is -1.90. The van der Waals surface area contributed by atoms with Gasteiger partial charge in [0.25, 0.3) is 0 Å². The molecule has 0 aliphatic carbocycles. The molecule has 3 N–H and O–H groups in total. The number of hydrogen-bond donors (Lipinski definition) is 2. The van der Waals surface area contributed by atoms with Gasteiger partial charge >= 0.3 is 0 Å². The summed E-state index contributed by atoms with van der Waals surface area (Å²) in [5, 5.41) is 6.71. The third kappa shape index (κ3) is 2.50. The first kappa shape index (κ1) is 13.3. The van der Waals surface area contributed by atoms with Crippen LogP contribution in [0.4, 0.5) is 14.6 Å². The zero-order valence-electron chi connectivity index (χ0n) is 11.3. The van der Waals surface area contributed by atoms with E-state index in [-0.39, 0.29) is 0 Å². The van der Waals surface area contributed by atoms with Gasteiger partial charge in [0, 0.05) is 11.6 Å². The van der Waals surface area contributed by atoms with Crippen LogP contribution in [0.1, 0.15) is 5.56 Å². The number of nitrogen functional groups attached to an aromatic ring is 1. The van der Waals surface area contributed by atoms with Gasteiger partial charge in [-0.3, -0.25) is 5.10 Å². The molecule has 0 spiro atoms. The number of nitrogens with two attached hydrogens (primary N) is 1. The van der Waals surface area contributed by atoms with E-state index in [0.717, 1.165) is 17.2 Å². The number of anilines is 1. The monoisotopic (exact) mass is 285 g/mol. The Labute approximate surface area is 120 Å². The van der Waals surface area contributed by atoms with Crippen molar-refractivity contribution in [3.05, 3.63) is 59.7 Å². The summed E-state index contributed by atoms with van der Waals surface area (Å²) in [6.45, 7) is 1.98. The van der Waals surface area contributed by atoms with Crippen LogP contribution < -0.4 is 5.73 Å². The fourth-order valence-corrected chi connectivity index (χ4v) is 2.28. The molecule has 0 saturated carbocycles. The molecule has 21 heavy (non-hydrogen) atoms. The Balaban J connectivity index is 2.19. The van der Waals surface area contributed by atoms with Crippen LogP contribution in [0, 0.1) is 18.6 Å². The first-order chi connectivity index (χ1) is 10.0. The second kappa shape index (κ2) is 5.01. The number of H-pyrrole nitrogens is 1. The van der Waals surface area contributed by atoms with E-state index in [9.17, 15) is 8.78 Å². The standard InChI is InChI=1S/C16H13F2N3/c1-9-2-4-10(5-3-9)14-15(20-21-16(14)19)11-6-12(17)8-13(18)7-11/h2-8H,1H3,(H3,19,20,21). The fourth-order valence-electron chi connectivity index (χ4n) is 2.28. The Bertz CT molecular complexity index is 772. The van der Waals surface area contributed by atoms with Gasteiger partial charge in [0.1, 0.15) is 11.6 Å². The predicted molar refractivity (Wildman–Crippen MR) is 78.5 cm³/mol. The Kier molecular flexibility index (Phi) is 3.17. The molecule has 0 fully saturated rings. The van der Waals surface area contributed by atoms with Crippen LogP contribution in [-0.2, 0) is 0 Å². The molecule has 1 heterocycles. The summed E-state index contributed by atoms with van der Waals surface area (Å²) in [4.78, 5) is 0. The van der Waals surface area contributed by atoms with Crippen molar-refractivity contribution in [3.8, 4) is 22.4 Å². The molecule has 0 aliphatic rings. The highest BCUT2D eigenvalue weighted by atomic mass is 19.1. The van der Waals surface area contributed by atoms with Crippen molar-refractivity contribution in [2.24, 2.45) is 0 Å². The minimum absolute atomic E-state index is 0.290. The number of nitrogens with zero attached hydrogens (tertiary/aromatic N) is 1. The first-order valence-corrected chi connectivity index (χ1v) is 6.42. The maximum Gasteiger partial charge on any atom is 0.153 e. The van der Waals surface area contributed by atoms with Crippen molar-refractivity contribution >= 4 is 5.82 Å². The Morgan fingerprint density at radius 2 is 1.57 bits per heavy atom. The van der Waals surface area contributed by atoms with Gasteiger partial charge < -0.3 is 5.73 Å². The molecule has 3 rings (SSSR count). The lowest BCUT2D eigenvalue weighted by atomic mass is 10.00. The molecule has 0 aliphatic heterocycles. The van der Waals surface area contributed by atoms with Gasteiger partial charge in [-0.25, -0.2) is 8.78 Å². The maximum absolute atomic E-state index is 13.4. The topological polar surface area (TPSA) is 54.7 Å². The van der Waals surface area contributed by atoms with Crippen LogP contribution in [0.15, 0.2) is 42.5 Å². The predicted octanol–water partition coefficient (Wildman–Crippen LogP) is 3.91. The van der Waals surface area contributed by atoms with Crippen molar-refractivity contribution in [1.29, 1.82) is 0 Å². The second-order valence-corrected chi connectivity index (χ2v) is 4.88. The minimum Gasteiger partial charge on any atom is -0.382 e. The summed E-state index contributed by atoms with van der Waals surface area (Å²) >= 11 is 0. The van der Waals surface area contributed by atoms with Crippen LogP contribution in [0.5, 0.6) is 0 Å². The average Bonchev–Trinajstić information content (AvgIpc) is 2.80. The highest BCUT2D eigenvalue weighted by Crippen LogP contribution is 2.35. The van der Waals surface area contributed by atoms with Crippen LogP contribution in [0.25, 0.3) is 22.4 Å². The molecule has 0 unspecified atom stereocenters. The van der Waals surface area contributed by atoms with Gasteiger partial charge in [0.2, 0.25) is 0 Å². The van der Waals surface area contributed by atoms with Crippen molar-refractivity contribution in [2.45, 2.75) is 6.92 Å². The van der Waals surface area contributed by atoms with Crippen LogP contribution in [0.2, 0.25) is 0 Å². The van der Waals surface area contributed by atoms with Gasteiger partial charge in [-0.1, -0.05) is 29.8 Å². The molecule has 1 aromatic heterocycles. The Morgan fingerprint density at radius 3 is 2.19 bits per heavy atom. The van der Waals surface area contributed by atoms with E-state index in [0.29, 0.717) is 22.6 Å². The van der Waals surface area contributed by atoms with Gasteiger partial charge in [0.15, 0.2) is 5.82 Å². The minimum atomic E-state index is -0.645. The third-order valence-corrected chi connectivity index (χ3v) is 3.29. The number of aromatic nitrogens is 2. The molecule has 2 aromatic carbocycles. The van der Waals surface area contributed by atoms with E-state index in [4.69, 9.17) is 5.73 Å². The van der Waals surface area contributed by atoms with Crippen molar-refractivity contribution in [3.63, 3.8) is 0 Å². The summed E-state index contributed by atoms with van der Waals surface area (Å²) < 4.78 is 26.8. The van der Waals surface area contributed by atoms with Gasteiger partial charge in [-0.05, 0) is 24.6 Å². The molecule has 0 radical (unpaired) electrons. The average molecular weight is 285 g/mol. The number of nitrogens with one attached hydrogen (secondary N) is 1. The summed E-state index contributed by atoms with van der Waals surface area (Å²) in [5.41, 5.74) is 9.35. The summed E-state index contributed by atoms with van der Waals surface area (Å²) in [6.07, 6.45) is 0. The van der Waals surface area contributed by atoms with Gasteiger partial charge in [-0.2, -0.15) is 5.10 Å². The van der Waals surface area contributed by atoms with E-state index < -0.39 is 11.6 Å². The molecule has 0 saturated heterocycles. The number of aryl methyl sites for hydroxylation is 1. The SMILES string of the molecule is Cc1ccc(-c2c(N)n[nH]c2-c2cc(F)cc(F)c2)cc1. The molecule has 106 valence electrons. The maximum atomic E-state index is 13.4. The van der Waals surface area contributed by atoms with E-state index in [1.807, 2.05) is 31.2 Å². The zero-order valence-corrected chi connectivity index (χ0v) is 11.3.